The van der Waals surface area contributed by atoms with Crippen LogP contribution in [0.2, 0.25) is 4.34 Å². The number of carbonyl (C=O) groups excluding carboxylic acids is 3. The lowest BCUT2D eigenvalue weighted by molar-refractivity contribution is -0.125. The van der Waals surface area contributed by atoms with Gasteiger partial charge < -0.3 is 20.3 Å². The lowest BCUT2D eigenvalue weighted by Crippen LogP contribution is -2.50. The largest absolute Gasteiger partial charge is 0.370 e. The minimum Gasteiger partial charge on any atom is -0.370 e. The third-order valence-electron chi connectivity index (χ3n) is 6.00. The SMILES string of the molecule is CN(C1CC1)[C@@H](CNC(=O)c1ccc(Cl)s1)C(=O)Nc1ccc(N2CCOCC2=O)cc1C(F)F. The number of likely N-dealkylation sites (N-methyl/N-ethyl adjacent to an activating group) is 1. The molecule has 1 aromatic carbocycles. The third kappa shape index (κ3) is 6.16. The fraction of sp³-hybridized carbons (Fsp3) is 0.435. The van der Waals surface area contributed by atoms with Crippen LogP contribution in [0.4, 0.5) is 20.2 Å². The number of hydrogen-bond acceptors (Lipinski definition) is 6. The van der Waals surface area contributed by atoms with Crippen molar-refractivity contribution in [2.45, 2.75) is 31.4 Å². The maximum Gasteiger partial charge on any atom is 0.265 e. The van der Waals surface area contributed by atoms with E-state index in [1.165, 1.54) is 23.1 Å². The lowest BCUT2D eigenvalue weighted by Gasteiger charge is -2.29. The molecular formula is C23H25ClF2N4O4S. The summed E-state index contributed by atoms with van der Waals surface area (Å²) in [7, 11) is 1.78. The molecule has 1 aromatic heterocycles. The molecule has 1 aliphatic carbocycles. The van der Waals surface area contributed by atoms with Crippen LogP contribution < -0.4 is 15.5 Å². The summed E-state index contributed by atoms with van der Waals surface area (Å²) in [6, 6.07) is 6.73. The first-order chi connectivity index (χ1) is 16.7. The summed E-state index contributed by atoms with van der Waals surface area (Å²) in [6.45, 7) is 0.460. The minimum absolute atomic E-state index is 0.00242. The summed E-state index contributed by atoms with van der Waals surface area (Å²) in [4.78, 5) is 41.4. The van der Waals surface area contributed by atoms with E-state index in [2.05, 4.69) is 10.6 Å². The summed E-state index contributed by atoms with van der Waals surface area (Å²) < 4.78 is 33.4. The molecule has 2 N–H and O–H groups in total. The van der Waals surface area contributed by atoms with Crippen LogP contribution in [0.15, 0.2) is 30.3 Å². The predicted octanol–water partition coefficient (Wildman–Crippen LogP) is 3.53. The van der Waals surface area contributed by atoms with Crippen LogP contribution >= 0.6 is 22.9 Å². The van der Waals surface area contributed by atoms with Crippen molar-refractivity contribution in [3.8, 4) is 0 Å². The molecule has 4 rings (SSSR count). The summed E-state index contributed by atoms with van der Waals surface area (Å²) in [5, 5.41) is 5.35. The molecule has 2 fully saturated rings. The number of nitrogens with zero attached hydrogens (tertiary/aromatic N) is 2. The second-order valence-electron chi connectivity index (χ2n) is 8.39. The van der Waals surface area contributed by atoms with Gasteiger partial charge in [-0.05, 0) is 50.2 Å². The van der Waals surface area contributed by atoms with Gasteiger partial charge in [0.2, 0.25) is 5.91 Å². The maximum absolute atomic E-state index is 13.9. The standard InChI is InChI=1S/C23H25ClF2N4O4S/c1-29(13-2-3-13)17(11-27-23(33)18-6-7-19(24)35-18)22(32)28-16-5-4-14(10-15(16)21(25)26)30-8-9-34-12-20(30)31/h4-7,10,13,17,21H,2-3,8-9,11-12H2,1H3,(H,27,33)(H,28,32)/t17-/m0/s1. The Bertz CT molecular complexity index is 1110. The molecule has 0 spiro atoms. The van der Waals surface area contributed by atoms with E-state index in [0.717, 1.165) is 24.2 Å². The van der Waals surface area contributed by atoms with E-state index in [1.54, 1.807) is 19.2 Å². The van der Waals surface area contributed by atoms with Crippen LogP contribution in [0, 0.1) is 0 Å². The smallest absolute Gasteiger partial charge is 0.265 e. The number of morpholine rings is 1. The van der Waals surface area contributed by atoms with E-state index in [9.17, 15) is 23.2 Å². The van der Waals surface area contributed by atoms with Crippen molar-refractivity contribution in [1.82, 2.24) is 10.2 Å². The van der Waals surface area contributed by atoms with E-state index in [1.807, 2.05) is 4.90 Å². The van der Waals surface area contributed by atoms with Crippen LogP contribution in [-0.4, -0.2) is 68.1 Å². The van der Waals surface area contributed by atoms with Gasteiger partial charge in [0.25, 0.3) is 18.2 Å². The van der Waals surface area contributed by atoms with E-state index < -0.39 is 18.4 Å². The molecule has 8 nitrogen and oxygen atoms in total. The molecule has 2 heterocycles. The number of halogens is 3. The normalized spacial score (nSPS) is 17.1. The van der Waals surface area contributed by atoms with Gasteiger partial charge in [-0.15, -0.1) is 11.3 Å². The van der Waals surface area contributed by atoms with E-state index in [0.29, 0.717) is 21.5 Å². The first-order valence-corrected chi connectivity index (χ1v) is 12.3. The van der Waals surface area contributed by atoms with Crippen molar-refractivity contribution in [1.29, 1.82) is 0 Å². The first-order valence-electron chi connectivity index (χ1n) is 11.1. The summed E-state index contributed by atoms with van der Waals surface area (Å²) in [5.41, 5.74) is -0.111. The highest BCUT2D eigenvalue weighted by Gasteiger charge is 2.35. The Morgan fingerprint density at radius 1 is 1.29 bits per heavy atom. The second-order valence-corrected chi connectivity index (χ2v) is 10.1. The number of alkyl halides is 2. The Hall–Kier alpha value is -2.60. The third-order valence-corrected chi connectivity index (χ3v) is 7.23. The zero-order valence-corrected chi connectivity index (χ0v) is 20.5. The number of benzene rings is 1. The fourth-order valence-electron chi connectivity index (χ4n) is 3.89. The maximum atomic E-state index is 13.9. The molecule has 3 amide bonds. The highest BCUT2D eigenvalue weighted by molar-refractivity contribution is 7.18. The Kier molecular flexibility index (Phi) is 8.00. The van der Waals surface area contributed by atoms with Gasteiger partial charge in [0, 0.05) is 36.1 Å². The summed E-state index contributed by atoms with van der Waals surface area (Å²) in [6.07, 6.45) is -1.04. The molecule has 1 saturated heterocycles. The molecule has 2 aromatic rings. The van der Waals surface area contributed by atoms with Gasteiger partial charge in [-0.2, -0.15) is 0 Å². The van der Waals surface area contributed by atoms with Crippen LogP contribution in [0.5, 0.6) is 0 Å². The lowest BCUT2D eigenvalue weighted by atomic mass is 10.1. The number of ether oxygens (including phenoxy) is 1. The van der Waals surface area contributed by atoms with Gasteiger partial charge in [0.15, 0.2) is 0 Å². The van der Waals surface area contributed by atoms with Gasteiger partial charge in [-0.1, -0.05) is 11.6 Å². The number of nitrogens with one attached hydrogen (secondary N) is 2. The number of anilines is 2. The Balaban J connectivity index is 1.50. The van der Waals surface area contributed by atoms with Gasteiger partial charge in [-0.25, -0.2) is 8.78 Å². The topological polar surface area (TPSA) is 91.0 Å². The quantitative estimate of drug-likeness (QED) is 0.521. The van der Waals surface area contributed by atoms with Gasteiger partial charge in [0.1, 0.15) is 12.6 Å². The summed E-state index contributed by atoms with van der Waals surface area (Å²) >= 11 is 7.02. The zero-order chi connectivity index (χ0) is 25.1. The van der Waals surface area contributed by atoms with Crippen LogP contribution in [-0.2, 0) is 14.3 Å². The second kappa shape index (κ2) is 11.0. The molecule has 1 aliphatic heterocycles. The molecular weight excluding hydrogens is 502 g/mol. The number of rotatable bonds is 9. The summed E-state index contributed by atoms with van der Waals surface area (Å²) in [5.74, 6) is -1.19. The number of hydrogen-bond donors (Lipinski definition) is 2. The molecule has 12 heteroatoms. The highest BCUT2D eigenvalue weighted by Crippen LogP contribution is 2.33. The molecule has 1 atom stereocenters. The monoisotopic (exact) mass is 526 g/mol. The molecule has 1 saturated carbocycles. The van der Waals surface area contributed by atoms with Gasteiger partial charge in [0.05, 0.1) is 15.8 Å². The highest BCUT2D eigenvalue weighted by atomic mass is 35.5. The van der Waals surface area contributed by atoms with Crippen molar-refractivity contribution in [2.75, 3.05) is 43.6 Å². The van der Waals surface area contributed by atoms with E-state index in [-0.39, 0.29) is 48.8 Å². The molecule has 0 unspecified atom stereocenters. The van der Waals surface area contributed by atoms with Crippen molar-refractivity contribution in [3.05, 3.63) is 45.1 Å². The number of amides is 3. The Labute approximate surface area is 210 Å². The number of carbonyl (C=O) groups is 3. The molecule has 35 heavy (non-hydrogen) atoms. The Morgan fingerprint density at radius 3 is 2.69 bits per heavy atom. The van der Waals surface area contributed by atoms with Crippen molar-refractivity contribution in [3.63, 3.8) is 0 Å². The van der Waals surface area contributed by atoms with Crippen LogP contribution in [0.25, 0.3) is 0 Å². The minimum atomic E-state index is -2.87. The van der Waals surface area contributed by atoms with Crippen molar-refractivity contribution < 1.29 is 27.9 Å². The van der Waals surface area contributed by atoms with Gasteiger partial charge in [-0.3, -0.25) is 19.3 Å². The van der Waals surface area contributed by atoms with Crippen LogP contribution in [0.1, 0.15) is 34.5 Å². The average molecular weight is 527 g/mol. The van der Waals surface area contributed by atoms with Crippen molar-refractivity contribution >= 4 is 52.0 Å². The zero-order valence-electron chi connectivity index (χ0n) is 18.9. The fourth-order valence-corrected chi connectivity index (χ4v) is 4.85. The molecule has 188 valence electrons. The van der Waals surface area contributed by atoms with E-state index in [4.69, 9.17) is 16.3 Å². The molecule has 0 bridgehead atoms. The average Bonchev–Trinajstić information content (AvgIpc) is 3.59. The Morgan fingerprint density at radius 2 is 2.06 bits per heavy atom. The number of thiophene rings is 1. The van der Waals surface area contributed by atoms with Crippen molar-refractivity contribution in [2.24, 2.45) is 0 Å². The predicted molar refractivity (Wildman–Crippen MR) is 129 cm³/mol. The first kappa shape index (κ1) is 25.5. The van der Waals surface area contributed by atoms with Gasteiger partial charge >= 0.3 is 0 Å². The van der Waals surface area contributed by atoms with Crippen LogP contribution in [0.3, 0.4) is 0 Å². The van der Waals surface area contributed by atoms with E-state index >= 15 is 0 Å². The molecule has 0 radical (unpaired) electrons. The molecule has 2 aliphatic rings.